The Kier molecular flexibility index (Phi) is 4.20. The lowest BCUT2D eigenvalue weighted by atomic mass is 9.72. The fourth-order valence-electron chi connectivity index (χ4n) is 4.60. The zero-order valence-corrected chi connectivity index (χ0v) is 17.5. The Morgan fingerprint density at radius 2 is 1.68 bits per heavy atom. The average Bonchev–Trinajstić information content (AvgIpc) is 3.56. The van der Waals surface area contributed by atoms with Crippen molar-refractivity contribution >= 4 is 5.78 Å². The van der Waals surface area contributed by atoms with Gasteiger partial charge in [0.15, 0.2) is 5.82 Å². The summed E-state index contributed by atoms with van der Waals surface area (Å²) in [6.45, 7) is 0.355. The first kappa shape index (κ1) is 18.7. The van der Waals surface area contributed by atoms with Crippen LogP contribution in [0.1, 0.15) is 55.1 Å². The quantitative estimate of drug-likeness (QED) is 0.516. The van der Waals surface area contributed by atoms with Gasteiger partial charge in [0.25, 0.3) is 5.78 Å². The maximum Gasteiger partial charge on any atom is 0.253 e. The molecule has 0 bridgehead atoms. The fraction of sp³-hybridized carbons (Fsp3) is 0.320. The lowest BCUT2D eigenvalue weighted by Gasteiger charge is -2.38. The van der Waals surface area contributed by atoms with E-state index >= 15 is 0 Å². The molecular weight excluding hydrogens is 384 g/mol. The number of nitrogens with two attached hydrogens (primary N) is 2. The number of aromatic nitrogens is 4. The molecule has 2 aromatic carbocycles. The number of benzene rings is 2. The first-order valence-electron chi connectivity index (χ1n) is 11.1. The largest absolute Gasteiger partial charge is 0.325 e. The third-order valence-corrected chi connectivity index (χ3v) is 6.78. The van der Waals surface area contributed by atoms with E-state index in [0.717, 1.165) is 59.6 Å². The number of fused-ring (bicyclic) bond motifs is 1. The Morgan fingerprint density at radius 3 is 2.29 bits per heavy atom. The van der Waals surface area contributed by atoms with E-state index in [1.54, 1.807) is 0 Å². The van der Waals surface area contributed by atoms with Crippen molar-refractivity contribution in [3.05, 3.63) is 71.7 Å². The van der Waals surface area contributed by atoms with Gasteiger partial charge in [-0.1, -0.05) is 54.6 Å². The summed E-state index contributed by atoms with van der Waals surface area (Å²) < 4.78 is 1.84. The summed E-state index contributed by atoms with van der Waals surface area (Å²) in [5.41, 5.74) is 18.8. The van der Waals surface area contributed by atoms with Crippen LogP contribution < -0.4 is 11.5 Å². The normalized spacial score (nSPS) is 17.6. The SMILES string of the molecule is NCc1c(-c2ccccc2)c(-c2ccc(C3(N)CCC3)cc2)nc2nc(C3CC3)nn12. The summed E-state index contributed by atoms with van der Waals surface area (Å²) in [4.78, 5) is 9.74. The second kappa shape index (κ2) is 6.97. The summed E-state index contributed by atoms with van der Waals surface area (Å²) in [6.07, 6.45) is 5.59. The first-order chi connectivity index (χ1) is 15.2. The number of nitrogens with zero attached hydrogens (tertiary/aromatic N) is 4. The van der Waals surface area contributed by atoms with Crippen LogP contribution in [0.3, 0.4) is 0 Å². The molecule has 6 rings (SSSR count). The molecule has 156 valence electrons. The lowest BCUT2D eigenvalue weighted by Crippen LogP contribution is -2.43. The topological polar surface area (TPSA) is 95.1 Å². The highest BCUT2D eigenvalue weighted by Gasteiger charge is 2.34. The molecule has 0 amide bonds. The molecule has 2 fully saturated rings. The molecule has 0 aliphatic heterocycles. The second-order valence-corrected chi connectivity index (χ2v) is 8.90. The molecular formula is C25H26N6. The molecule has 2 saturated carbocycles. The van der Waals surface area contributed by atoms with E-state index in [-0.39, 0.29) is 5.54 Å². The highest BCUT2D eigenvalue weighted by atomic mass is 15.3. The molecule has 4 aromatic rings. The van der Waals surface area contributed by atoms with Gasteiger partial charge in [-0.3, -0.25) is 0 Å². The molecule has 31 heavy (non-hydrogen) atoms. The van der Waals surface area contributed by atoms with E-state index < -0.39 is 0 Å². The van der Waals surface area contributed by atoms with Crippen molar-refractivity contribution in [3.63, 3.8) is 0 Å². The van der Waals surface area contributed by atoms with Gasteiger partial charge in [-0.25, -0.2) is 4.98 Å². The average molecular weight is 411 g/mol. The van der Waals surface area contributed by atoms with Crippen LogP contribution in [0.2, 0.25) is 0 Å². The monoisotopic (exact) mass is 410 g/mol. The predicted octanol–water partition coefficient (Wildman–Crippen LogP) is 4.13. The maximum absolute atomic E-state index is 6.54. The Balaban J connectivity index is 1.56. The molecule has 2 aliphatic rings. The van der Waals surface area contributed by atoms with Crippen LogP contribution in [-0.2, 0) is 12.1 Å². The van der Waals surface area contributed by atoms with Gasteiger partial charge >= 0.3 is 0 Å². The Hall–Kier alpha value is -3.09. The minimum absolute atomic E-state index is 0.174. The maximum atomic E-state index is 6.54. The summed E-state index contributed by atoms with van der Waals surface area (Å²) in [5, 5.41) is 4.78. The second-order valence-electron chi connectivity index (χ2n) is 8.90. The molecule has 0 spiro atoms. The standard InChI is InChI=1S/C25H26N6/c26-15-20-21(16-5-2-1-3-6-16)22(28-24-29-23(18-7-8-18)30-31(20)24)17-9-11-19(12-10-17)25(27)13-4-14-25/h1-3,5-6,9-12,18H,4,7-8,13-15,26-27H2. The van der Waals surface area contributed by atoms with Crippen molar-refractivity contribution in [2.75, 3.05) is 0 Å². The number of hydrogen-bond donors (Lipinski definition) is 2. The van der Waals surface area contributed by atoms with E-state index in [4.69, 9.17) is 26.5 Å². The third-order valence-electron chi connectivity index (χ3n) is 6.78. The zero-order valence-electron chi connectivity index (χ0n) is 17.5. The van der Waals surface area contributed by atoms with E-state index in [9.17, 15) is 0 Å². The van der Waals surface area contributed by atoms with Gasteiger partial charge in [-0.05, 0) is 43.2 Å². The minimum Gasteiger partial charge on any atom is -0.325 e. The van der Waals surface area contributed by atoms with Crippen molar-refractivity contribution in [2.24, 2.45) is 11.5 Å². The molecule has 6 nitrogen and oxygen atoms in total. The van der Waals surface area contributed by atoms with Crippen LogP contribution >= 0.6 is 0 Å². The molecule has 2 aliphatic carbocycles. The molecule has 2 aromatic heterocycles. The van der Waals surface area contributed by atoms with E-state index in [0.29, 0.717) is 18.2 Å². The van der Waals surface area contributed by atoms with Gasteiger partial charge in [0.05, 0.1) is 11.4 Å². The van der Waals surface area contributed by atoms with Crippen molar-refractivity contribution in [1.82, 2.24) is 19.6 Å². The van der Waals surface area contributed by atoms with Crippen molar-refractivity contribution in [1.29, 1.82) is 0 Å². The highest BCUT2D eigenvalue weighted by Crippen LogP contribution is 2.41. The fourth-order valence-corrected chi connectivity index (χ4v) is 4.60. The van der Waals surface area contributed by atoms with E-state index in [2.05, 4.69) is 36.4 Å². The van der Waals surface area contributed by atoms with Crippen LogP contribution in [-0.4, -0.2) is 19.6 Å². The van der Waals surface area contributed by atoms with Crippen LogP contribution in [0, 0.1) is 0 Å². The Morgan fingerprint density at radius 1 is 0.935 bits per heavy atom. The van der Waals surface area contributed by atoms with Gasteiger partial charge < -0.3 is 11.5 Å². The Bertz CT molecular complexity index is 1250. The number of hydrogen-bond acceptors (Lipinski definition) is 5. The first-order valence-corrected chi connectivity index (χ1v) is 11.1. The van der Waals surface area contributed by atoms with Crippen molar-refractivity contribution in [3.8, 4) is 22.4 Å². The Labute approximate surface area is 181 Å². The summed E-state index contributed by atoms with van der Waals surface area (Å²) in [6, 6.07) is 18.9. The van der Waals surface area contributed by atoms with E-state index in [1.165, 1.54) is 12.0 Å². The van der Waals surface area contributed by atoms with Gasteiger partial charge in [0.1, 0.15) is 0 Å². The molecule has 6 heteroatoms. The zero-order chi connectivity index (χ0) is 21.0. The summed E-state index contributed by atoms with van der Waals surface area (Å²) in [5.74, 6) is 1.96. The van der Waals surface area contributed by atoms with Crippen LogP contribution in [0.25, 0.3) is 28.2 Å². The molecule has 4 N–H and O–H groups in total. The lowest BCUT2D eigenvalue weighted by molar-refractivity contribution is 0.253. The van der Waals surface area contributed by atoms with E-state index in [1.807, 2.05) is 22.7 Å². The third kappa shape index (κ3) is 3.06. The molecule has 2 heterocycles. The highest BCUT2D eigenvalue weighted by molar-refractivity contribution is 5.83. The molecule has 0 atom stereocenters. The minimum atomic E-state index is -0.174. The van der Waals surface area contributed by atoms with Crippen molar-refractivity contribution < 1.29 is 0 Å². The number of rotatable bonds is 5. The van der Waals surface area contributed by atoms with Gasteiger partial charge in [-0.15, -0.1) is 5.10 Å². The van der Waals surface area contributed by atoms with Gasteiger partial charge in [0.2, 0.25) is 0 Å². The van der Waals surface area contributed by atoms with Gasteiger partial charge in [-0.2, -0.15) is 9.50 Å². The van der Waals surface area contributed by atoms with Crippen LogP contribution in [0.4, 0.5) is 0 Å². The van der Waals surface area contributed by atoms with Crippen LogP contribution in [0.5, 0.6) is 0 Å². The van der Waals surface area contributed by atoms with Crippen LogP contribution in [0.15, 0.2) is 54.6 Å². The summed E-state index contributed by atoms with van der Waals surface area (Å²) in [7, 11) is 0. The molecule has 0 unspecified atom stereocenters. The van der Waals surface area contributed by atoms with Gasteiger partial charge in [0, 0.05) is 29.1 Å². The van der Waals surface area contributed by atoms with Crippen molar-refractivity contribution in [2.45, 2.75) is 50.1 Å². The molecule has 0 saturated heterocycles. The smallest absolute Gasteiger partial charge is 0.253 e. The summed E-state index contributed by atoms with van der Waals surface area (Å²) >= 11 is 0. The molecule has 0 radical (unpaired) electrons. The predicted molar refractivity (Wildman–Crippen MR) is 121 cm³/mol.